The molecular formula is C21H27N3O4S. The van der Waals surface area contributed by atoms with Gasteiger partial charge in [-0.15, -0.1) is 0 Å². The SMILES string of the molecule is COc1ccc(C(=O)NCCCN(C)c2ccccc2)cc1S(=O)(=O)NC1CC1. The number of rotatable bonds is 10. The summed E-state index contributed by atoms with van der Waals surface area (Å²) in [5, 5.41) is 2.85. The minimum absolute atomic E-state index is 0.0108. The number of carbonyl (C=O) groups is 1. The van der Waals surface area contributed by atoms with Gasteiger partial charge in [-0.25, -0.2) is 13.1 Å². The summed E-state index contributed by atoms with van der Waals surface area (Å²) in [5.41, 5.74) is 1.41. The first-order valence-corrected chi connectivity index (χ1v) is 11.1. The van der Waals surface area contributed by atoms with E-state index in [-0.39, 0.29) is 22.6 Å². The second kappa shape index (κ2) is 9.28. The Labute approximate surface area is 172 Å². The number of anilines is 1. The highest BCUT2D eigenvalue weighted by molar-refractivity contribution is 7.89. The van der Waals surface area contributed by atoms with Gasteiger partial charge in [0.15, 0.2) is 0 Å². The topological polar surface area (TPSA) is 87.7 Å². The maximum Gasteiger partial charge on any atom is 0.251 e. The molecule has 3 rings (SSSR count). The third-order valence-corrected chi connectivity index (χ3v) is 6.31. The second-order valence-corrected chi connectivity index (χ2v) is 8.81. The average Bonchev–Trinajstić information content (AvgIpc) is 3.54. The van der Waals surface area contributed by atoms with Crippen molar-refractivity contribution in [1.82, 2.24) is 10.0 Å². The largest absolute Gasteiger partial charge is 0.495 e. The van der Waals surface area contributed by atoms with E-state index in [2.05, 4.69) is 14.9 Å². The molecule has 1 saturated carbocycles. The van der Waals surface area contributed by atoms with Gasteiger partial charge in [-0.05, 0) is 49.6 Å². The second-order valence-electron chi connectivity index (χ2n) is 7.13. The molecule has 156 valence electrons. The van der Waals surface area contributed by atoms with Crippen molar-refractivity contribution in [3.8, 4) is 5.75 Å². The van der Waals surface area contributed by atoms with Crippen LogP contribution in [0.4, 0.5) is 5.69 Å². The molecule has 1 aliphatic rings. The highest BCUT2D eigenvalue weighted by atomic mass is 32.2. The van der Waals surface area contributed by atoms with Gasteiger partial charge in [0.25, 0.3) is 5.91 Å². The number of carbonyl (C=O) groups excluding carboxylic acids is 1. The first-order valence-electron chi connectivity index (χ1n) is 9.65. The highest BCUT2D eigenvalue weighted by Gasteiger charge is 2.30. The van der Waals surface area contributed by atoms with Gasteiger partial charge in [0, 0.05) is 37.4 Å². The first-order chi connectivity index (χ1) is 13.9. The molecule has 0 heterocycles. The lowest BCUT2D eigenvalue weighted by molar-refractivity contribution is 0.0953. The third kappa shape index (κ3) is 5.71. The smallest absolute Gasteiger partial charge is 0.251 e. The van der Waals surface area contributed by atoms with E-state index >= 15 is 0 Å². The van der Waals surface area contributed by atoms with Crippen LogP contribution in [-0.2, 0) is 10.0 Å². The lowest BCUT2D eigenvalue weighted by Crippen LogP contribution is -2.29. The molecule has 0 unspecified atom stereocenters. The van der Waals surface area contributed by atoms with Gasteiger partial charge in [0.05, 0.1) is 7.11 Å². The molecule has 0 aliphatic heterocycles. The summed E-state index contributed by atoms with van der Waals surface area (Å²) in [6, 6.07) is 14.4. The van der Waals surface area contributed by atoms with Crippen LogP contribution in [0.2, 0.25) is 0 Å². The summed E-state index contributed by atoms with van der Waals surface area (Å²) in [4.78, 5) is 14.6. The van der Waals surface area contributed by atoms with Crippen LogP contribution >= 0.6 is 0 Å². The zero-order chi connectivity index (χ0) is 20.9. The molecule has 0 spiro atoms. The minimum Gasteiger partial charge on any atom is -0.495 e. The van der Waals surface area contributed by atoms with Crippen LogP contribution in [0.3, 0.4) is 0 Å². The van der Waals surface area contributed by atoms with Crippen molar-refractivity contribution in [3.05, 3.63) is 54.1 Å². The molecule has 2 aromatic carbocycles. The van der Waals surface area contributed by atoms with Crippen molar-refractivity contribution >= 4 is 21.6 Å². The van der Waals surface area contributed by atoms with Crippen LogP contribution in [-0.4, -0.2) is 47.6 Å². The van der Waals surface area contributed by atoms with Crippen LogP contribution in [0.25, 0.3) is 0 Å². The first kappa shape index (κ1) is 21.1. The van der Waals surface area contributed by atoms with Crippen molar-refractivity contribution in [2.24, 2.45) is 0 Å². The van der Waals surface area contributed by atoms with E-state index in [9.17, 15) is 13.2 Å². The molecule has 8 heteroatoms. The van der Waals surface area contributed by atoms with Gasteiger partial charge in [-0.1, -0.05) is 18.2 Å². The van der Waals surface area contributed by atoms with Gasteiger partial charge in [0.1, 0.15) is 10.6 Å². The highest BCUT2D eigenvalue weighted by Crippen LogP contribution is 2.28. The number of hydrogen-bond acceptors (Lipinski definition) is 5. The predicted molar refractivity (Wildman–Crippen MR) is 113 cm³/mol. The van der Waals surface area contributed by atoms with E-state index in [1.807, 2.05) is 37.4 Å². The lowest BCUT2D eigenvalue weighted by atomic mass is 10.2. The Kier molecular flexibility index (Phi) is 6.76. The van der Waals surface area contributed by atoms with Crippen molar-refractivity contribution in [1.29, 1.82) is 0 Å². The van der Waals surface area contributed by atoms with Crippen LogP contribution < -0.4 is 19.7 Å². The number of nitrogens with zero attached hydrogens (tertiary/aromatic N) is 1. The molecule has 2 aromatic rings. The van der Waals surface area contributed by atoms with Crippen molar-refractivity contribution < 1.29 is 17.9 Å². The van der Waals surface area contributed by atoms with Crippen molar-refractivity contribution in [2.45, 2.75) is 30.2 Å². The number of amides is 1. The molecule has 0 bridgehead atoms. The van der Waals surface area contributed by atoms with Crippen LogP contribution in [0.1, 0.15) is 29.6 Å². The molecule has 1 amide bonds. The number of sulfonamides is 1. The van der Waals surface area contributed by atoms with Crippen LogP contribution in [0.5, 0.6) is 5.75 Å². The molecule has 1 fully saturated rings. The molecule has 7 nitrogen and oxygen atoms in total. The van der Waals surface area contributed by atoms with Crippen molar-refractivity contribution in [3.63, 3.8) is 0 Å². The molecule has 0 atom stereocenters. The maximum absolute atomic E-state index is 12.6. The Morgan fingerprint density at radius 2 is 1.90 bits per heavy atom. The minimum atomic E-state index is -3.72. The average molecular weight is 418 g/mol. The number of ether oxygens (including phenoxy) is 1. The number of benzene rings is 2. The lowest BCUT2D eigenvalue weighted by Gasteiger charge is -2.19. The van der Waals surface area contributed by atoms with Crippen molar-refractivity contribution in [2.75, 3.05) is 32.1 Å². The third-order valence-electron chi connectivity index (χ3n) is 4.77. The Hall–Kier alpha value is -2.58. The zero-order valence-electron chi connectivity index (χ0n) is 16.7. The Morgan fingerprint density at radius 1 is 1.17 bits per heavy atom. The van der Waals surface area contributed by atoms with Gasteiger partial charge in [-0.3, -0.25) is 4.79 Å². The number of methoxy groups -OCH3 is 1. The van der Waals surface area contributed by atoms with E-state index < -0.39 is 10.0 Å². The van der Waals surface area contributed by atoms with Crippen LogP contribution in [0.15, 0.2) is 53.4 Å². The maximum atomic E-state index is 12.6. The summed E-state index contributed by atoms with van der Waals surface area (Å²) in [5.74, 6) is -0.0860. The van der Waals surface area contributed by atoms with E-state index in [4.69, 9.17) is 4.74 Å². The zero-order valence-corrected chi connectivity index (χ0v) is 17.5. The summed E-state index contributed by atoms with van der Waals surface area (Å²) in [6.45, 7) is 1.28. The number of nitrogens with one attached hydrogen (secondary N) is 2. The predicted octanol–water partition coefficient (Wildman–Crippen LogP) is 2.39. The standard InChI is InChI=1S/C21H27N3O4S/c1-24(18-7-4-3-5-8-18)14-6-13-22-21(25)16-9-12-19(28-2)20(15-16)29(26,27)23-17-10-11-17/h3-5,7-9,12,15,17,23H,6,10-11,13-14H2,1-2H3,(H,22,25). The van der Waals surface area contributed by atoms with E-state index in [0.717, 1.165) is 31.5 Å². The van der Waals surface area contributed by atoms with Gasteiger partial charge in [0.2, 0.25) is 10.0 Å². The normalized spacial score (nSPS) is 13.7. The number of para-hydroxylation sites is 1. The Bertz CT molecular complexity index is 944. The molecule has 0 saturated heterocycles. The van der Waals surface area contributed by atoms with Gasteiger partial charge < -0.3 is 15.0 Å². The summed E-state index contributed by atoms with van der Waals surface area (Å²) in [7, 11) is -0.309. The molecule has 29 heavy (non-hydrogen) atoms. The van der Waals surface area contributed by atoms with Gasteiger partial charge in [-0.2, -0.15) is 0 Å². The fraction of sp³-hybridized carbons (Fsp3) is 0.381. The van der Waals surface area contributed by atoms with E-state index in [1.165, 1.54) is 19.2 Å². The molecule has 0 aromatic heterocycles. The Balaban J connectivity index is 1.58. The molecule has 2 N–H and O–H groups in total. The Morgan fingerprint density at radius 3 is 2.55 bits per heavy atom. The fourth-order valence-electron chi connectivity index (χ4n) is 2.94. The van der Waals surface area contributed by atoms with Crippen LogP contribution in [0, 0.1) is 0 Å². The molecule has 1 aliphatic carbocycles. The van der Waals surface area contributed by atoms with E-state index in [1.54, 1.807) is 6.07 Å². The quantitative estimate of drug-likeness (QED) is 0.580. The molecule has 0 radical (unpaired) electrons. The summed E-state index contributed by atoms with van der Waals surface area (Å²) in [6.07, 6.45) is 2.43. The number of hydrogen-bond donors (Lipinski definition) is 2. The van der Waals surface area contributed by atoms with Gasteiger partial charge >= 0.3 is 0 Å². The molecular weight excluding hydrogens is 390 g/mol. The monoisotopic (exact) mass is 417 g/mol. The summed E-state index contributed by atoms with van der Waals surface area (Å²) >= 11 is 0. The summed E-state index contributed by atoms with van der Waals surface area (Å²) < 4.78 is 33.0. The fourth-order valence-corrected chi connectivity index (χ4v) is 4.44. The van der Waals surface area contributed by atoms with E-state index in [0.29, 0.717) is 12.1 Å².